The van der Waals surface area contributed by atoms with E-state index in [1.807, 2.05) is 0 Å². The quantitative estimate of drug-likeness (QED) is 0.439. The van der Waals surface area contributed by atoms with Crippen LogP contribution in [0.15, 0.2) is 24.9 Å². The monoisotopic (exact) mass is 373 g/mol. The van der Waals surface area contributed by atoms with Gasteiger partial charge in [0.05, 0.1) is 19.1 Å². The zero-order valence-corrected chi connectivity index (χ0v) is 14.8. The average molecular weight is 373 g/mol. The molecular weight excluding hydrogens is 353 g/mol. The van der Waals surface area contributed by atoms with Crippen molar-refractivity contribution in [2.24, 2.45) is 0 Å². The first kappa shape index (κ1) is 18.4. The van der Waals surface area contributed by atoms with Gasteiger partial charge in [-0.25, -0.2) is 4.57 Å². The Bertz CT molecular complexity index is 676. The lowest BCUT2D eigenvalue weighted by molar-refractivity contribution is -0.156. The third-order valence-corrected chi connectivity index (χ3v) is 5.72. The number of ether oxygens (including phenoxy) is 1. The molecule has 1 amide bonds. The molecule has 0 aromatic rings. The fourth-order valence-electron chi connectivity index (χ4n) is 2.95. The summed E-state index contributed by atoms with van der Waals surface area (Å²) in [6.45, 7) is 6.78. The molecule has 2 saturated heterocycles. The number of fused-ring (bicyclic) bond motifs is 1. The van der Waals surface area contributed by atoms with Crippen LogP contribution >= 0.6 is 7.82 Å². The van der Waals surface area contributed by atoms with E-state index in [4.69, 9.17) is 18.3 Å². The molecule has 0 bridgehead atoms. The van der Waals surface area contributed by atoms with E-state index in [0.29, 0.717) is 0 Å². The van der Waals surface area contributed by atoms with Gasteiger partial charge < -0.3 is 9.84 Å². The van der Waals surface area contributed by atoms with Crippen molar-refractivity contribution < 1.29 is 37.6 Å². The molecule has 0 aromatic carbocycles. The summed E-state index contributed by atoms with van der Waals surface area (Å²) in [7, 11) is -3.89. The number of phosphoric acid groups is 1. The Balaban J connectivity index is 1.87. The Morgan fingerprint density at radius 1 is 1.52 bits per heavy atom. The van der Waals surface area contributed by atoms with E-state index < -0.39 is 43.9 Å². The number of hydrogen-bond acceptors (Lipinski definition) is 8. The fourth-order valence-corrected chi connectivity index (χ4v) is 4.58. The second-order valence-corrected chi connectivity index (χ2v) is 7.89. The van der Waals surface area contributed by atoms with E-state index in [0.717, 1.165) is 4.90 Å². The van der Waals surface area contributed by atoms with Gasteiger partial charge in [-0.15, -0.1) is 6.58 Å². The molecule has 3 aliphatic rings. The summed E-state index contributed by atoms with van der Waals surface area (Å²) in [5.74, 6) is -0.851. The van der Waals surface area contributed by atoms with Crippen LogP contribution in [0.4, 0.5) is 0 Å². The van der Waals surface area contributed by atoms with E-state index in [1.165, 1.54) is 18.4 Å². The van der Waals surface area contributed by atoms with Crippen LogP contribution in [0.1, 0.15) is 20.3 Å². The van der Waals surface area contributed by atoms with Crippen molar-refractivity contribution in [1.82, 2.24) is 4.90 Å². The van der Waals surface area contributed by atoms with Crippen molar-refractivity contribution in [2.45, 2.75) is 50.4 Å². The van der Waals surface area contributed by atoms with Gasteiger partial charge in [0, 0.05) is 6.20 Å². The van der Waals surface area contributed by atoms with Gasteiger partial charge >= 0.3 is 7.82 Å². The highest BCUT2D eigenvalue weighted by Gasteiger charge is 2.62. The van der Waals surface area contributed by atoms with Gasteiger partial charge in [0.1, 0.15) is 17.8 Å². The van der Waals surface area contributed by atoms with Crippen LogP contribution in [0, 0.1) is 0 Å². The summed E-state index contributed by atoms with van der Waals surface area (Å²) < 4.78 is 34.3. The topological polar surface area (TPSA) is 112 Å². The molecule has 0 radical (unpaired) electrons. The summed E-state index contributed by atoms with van der Waals surface area (Å²) in [6, 6.07) is 0. The van der Waals surface area contributed by atoms with Crippen LogP contribution in [0.3, 0.4) is 0 Å². The first-order valence-electron chi connectivity index (χ1n) is 7.83. The van der Waals surface area contributed by atoms with Crippen LogP contribution < -0.4 is 0 Å². The van der Waals surface area contributed by atoms with E-state index in [1.54, 1.807) is 13.8 Å². The second-order valence-electron chi connectivity index (χ2n) is 6.32. The van der Waals surface area contributed by atoms with Crippen molar-refractivity contribution in [2.75, 3.05) is 6.61 Å². The molecule has 0 aliphatic carbocycles. The third kappa shape index (κ3) is 3.23. The Morgan fingerprint density at radius 2 is 2.24 bits per heavy atom. The number of carbonyl (C=O) groups excluding carboxylic acids is 2. The molecule has 2 fully saturated rings. The van der Waals surface area contributed by atoms with Gasteiger partial charge in [-0.1, -0.05) is 6.08 Å². The zero-order chi connectivity index (χ0) is 18.4. The van der Waals surface area contributed by atoms with E-state index in [-0.39, 0.29) is 18.8 Å². The molecule has 3 aliphatic heterocycles. The number of nitrogens with zero attached hydrogens (tertiary/aromatic N) is 1. The van der Waals surface area contributed by atoms with Crippen molar-refractivity contribution in [3.05, 3.63) is 24.9 Å². The first-order valence-corrected chi connectivity index (χ1v) is 9.29. The fraction of sp³-hybridized carbons (Fsp3) is 0.600. The molecule has 1 N–H and O–H groups in total. The predicted octanol–water partition coefficient (Wildman–Crippen LogP) is 0.892. The van der Waals surface area contributed by atoms with Crippen LogP contribution in [0.5, 0.6) is 0 Å². The van der Waals surface area contributed by atoms with E-state index in [2.05, 4.69) is 6.58 Å². The third-order valence-electron chi connectivity index (χ3n) is 4.11. The van der Waals surface area contributed by atoms with Crippen LogP contribution in [0.2, 0.25) is 0 Å². The minimum atomic E-state index is -3.89. The lowest BCUT2D eigenvalue weighted by atomic mass is 9.96. The smallest absolute Gasteiger partial charge is 0.386 e. The maximum atomic E-state index is 12.6. The largest absolute Gasteiger partial charge is 0.475 e. The van der Waals surface area contributed by atoms with Gasteiger partial charge in [-0.3, -0.25) is 28.1 Å². The first-order chi connectivity index (χ1) is 11.7. The zero-order valence-electron chi connectivity index (χ0n) is 13.9. The van der Waals surface area contributed by atoms with Gasteiger partial charge in [0.2, 0.25) is 5.91 Å². The standard InChI is InChI=1S/C15H20NO8P/c1-4-15-8-21-25(20,23-9(2)3)24-13(15)12(19)14(22-15)16-6-5-10(17)7-11(16)18/h4-6,9,12-14,19H,1,7-8H2,2-3H3/t12-,13+,14-,15-,25?/m1/s1. The number of hydrogen-bond donors (Lipinski definition) is 1. The number of aliphatic hydroxyl groups excluding tert-OH is 1. The van der Waals surface area contributed by atoms with Gasteiger partial charge in [-0.05, 0) is 19.9 Å². The molecule has 138 valence electrons. The van der Waals surface area contributed by atoms with Gasteiger partial charge in [-0.2, -0.15) is 0 Å². The molecule has 5 atom stereocenters. The Hall–Kier alpha value is -1.35. The Kier molecular flexibility index (Phi) is 4.74. The van der Waals surface area contributed by atoms with Crippen molar-refractivity contribution in [1.29, 1.82) is 0 Å². The summed E-state index contributed by atoms with van der Waals surface area (Å²) in [5.41, 5.74) is -1.30. The van der Waals surface area contributed by atoms with Crippen LogP contribution in [-0.4, -0.2) is 58.4 Å². The van der Waals surface area contributed by atoms with Crippen molar-refractivity contribution in [3.8, 4) is 0 Å². The molecule has 25 heavy (non-hydrogen) atoms. The lowest BCUT2D eigenvalue weighted by Gasteiger charge is -2.38. The van der Waals surface area contributed by atoms with E-state index in [9.17, 15) is 19.3 Å². The molecule has 10 heteroatoms. The summed E-state index contributed by atoms with van der Waals surface area (Å²) in [6.07, 6.45) is -0.459. The molecular formula is C15H20NO8P. The highest BCUT2D eigenvalue weighted by Crippen LogP contribution is 2.59. The van der Waals surface area contributed by atoms with E-state index >= 15 is 0 Å². The summed E-state index contributed by atoms with van der Waals surface area (Å²) in [5, 5.41) is 10.6. The number of phosphoric ester groups is 1. The summed E-state index contributed by atoms with van der Waals surface area (Å²) >= 11 is 0. The number of aliphatic hydroxyl groups is 1. The number of ketones is 1. The van der Waals surface area contributed by atoms with Crippen LogP contribution in [-0.2, 0) is 32.5 Å². The minimum absolute atomic E-state index is 0.219. The molecule has 3 heterocycles. The molecule has 3 rings (SSSR count). The Morgan fingerprint density at radius 3 is 2.84 bits per heavy atom. The highest BCUT2D eigenvalue weighted by atomic mass is 31.2. The van der Waals surface area contributed by atoms with Gasteiger partial charge in [0.15, 0.2) is 12.0 Å². The molecule has 0 saturated carbocycles. The molecule has 0 aromatic heterocycles. The number of rotatable bonds is 4. The normalized spacial score (nSPS) is 41.3. The average Bonchev–Trinajstić information content (AvgIpc) is 2.80. The molecule has 9 nitrogen and oxygen atoms in total. The molecule has 0 spiro atoms. The minimum Gasteiger partial charge on any atom is -0.386 e. The van der Waals surface area contributed by atoms with Crippen LogP contribution in [0.25, 0.3) is 0 Å². The van der Waals surface area contributed by atoms with Crippen molar-refractivity contribution in [3.63, 3.8) is 0 Å². The maximum absolute atomic E-state index is 12.6. The number of allylic oxidation sites excluding steroid dienone is 1. The predicted molar refractivity (Wildman–Crippen MR) is 84.1 cm³/mol. The lowest BCUT2D eigenvalue weighted by Crippen LogP contribution is -2.50. The summed E-state index contributed by atoms with van der Waals surface area (Å²) in [4.78, 5) is 24.5. The molecule has 1 unspecified atom stereocenters. The highest BCUT2D eigenvalue weighted by molar-refractivity contribution is 7.48. The number of carbonyl (C=O) groups is 2. The maximum Gasteiger partial charge on any atom is 0.475 e. The Labute approximate surface area is 144 Å². The number of amides is 1. The SMILES string of the molecule is C=C[C@@]12COP(=O)(OC(C)C)O[C@H]1[C@@H](O)[C@H](N1C=CC(=O)CC1=O)O2. The van der Waals surface area contributed by atoms with Gasteiger partial charge in [0.25, 0.3) is 0 Å². The van der Waals surface area contributed by atoms with Crippen molar-refractivity contribution >= 4 is 19.5 Å². The second kappa shape index (κ2) is 6.42.